The molecule has 0 amide bonds. The van der Waals surface area contributed by atoms with Gasteiger partial charge in [-0.3, -0.25) is 0 Å². The van der Waals surface area contributed by atoms with Gasteiger partial charge in [-0.15, -0.1) is 0 Å². The molecule has 0 N–H and O–H groups in total. The van der Waals surface area contributed by atoms with E-state index < -0.39 is 21.1 Å². The van der Waals surface area contributed by atoms with E-state index in [9.17, 15) is 0 Å². The minimum Gasteiger partial charge on any atom is -0.497 e. The first-order chi connectivity index (χ1) is 23.3. The molecule has 2 aromatic rings. The fourth-order valence-corrected chi connectivity index (χ4v) is 6.03. The van der Waals surface area contributed by atoms with Gasteiger partial charge in [0.25, 0.3) is 0 Å². The first-order valence-corrected chi connectivity index (χ1v) is 19.2. The summed E-state index contributed by atoms with van der Waals surface area (Å²) in [7, 11) is 2.01. The molecule has 0 unspecified atom stereocenters. The Bertz CT molecular complexity index is 1460. The standard InChI is InChI=1S/C17H27BO3.C12H24B2O4.C11H15BrO/c1-15(2,3)12-9-10-14(19-8)13(11-12)18-20-16(4,5)17(6,7)21-18;1-9(2)10(3,4)16-13(15-9)14-17-11(5,6)12(7,8)18-14;1-11(2,3)8-5-6-10(13-4)9(12)7-8/h9-11H,1-8H3;1-8H3;5-7H,1-4H3. The van der Waals surface area contributed by atoms with Gasteiger partial charge in [-0.1, -0.05) is 59.7 Å². The molecule has 0 radical (unpaired) electrons. The van der Waals surface area contributed by atoms with E-state index >= 15 is 0 Å². The van der Waals surface area contributed by atoms with Crippen molar-refractivity contribution in [2.75, 3.05) is 14.2 Å². The van der Waals surface area contributed by atoms with Crippen molar-refractivity contribution in [2.24, 2.45) is 0 Å². The number of hydrogen-bond donors (Lipinski definition) is 0. The van der Waals surface area contributed by atoms with Crippen LogP contribution in [0.1, 0.15) is 136 Å². The maximum absolute atomic E-state index is 6.16. The van der Waals surface area contributed by atoms with E-state index in [4.69, 9.17) is 37.4 Å². The van der Waals surface area contributed by atoms with E-state index in [1.165, 1.54) is 11.1 Å². The van der Waals surface area contributed by atoms with Crippen LogP contribution in [0.2, 0.25) is 0 Å². The molecule has 3 aliphatic heterocycles. The molecule has 3 aliphatic rings. The van der Waals surface area contributed by atoms with Crippen molar-refractivity contribution < 1.29 is 37.4 Å². The van der Waals surface area contributed by atoms with Gasteiger partial charge in [0.05, 0.1) is 52.3 Å². The first-order valence-electron chi connectivity index (χ1n) is 18.4. The van der Waals surface area contributed by atoms with E-state index in [0.717, 1.165) is 21.4 Å². The second kappa shape index (κ2) is 15.2. The van der Waals surface area contributed by atoms with Crippen molar-refractivity contribution in [2.45, 2.75) is 169 Å². The minimum absolute atomic E-state index is 0.0741. The highest BCUT2D eigenvalue weighted by Crippen LogP contribution is 2.43. The van der Waals surface area contributed by atoms with Crippen LogP contribution < -0.4 is 14.9 Å². The Kier molecular flexibility index (Phi) is 13.1. The van der Waals surface area contributed by atoms with Gasteiger partial charge in [-0.05, 0) is 139 Å². The van der Waals surface area contributed by atoms with Crippen LogP contribution in [0.5, 0.6) is 11.5 Å². The van der Waals surface area contributed by atoms with E-state index in [-0.39, 0.29) is 44.4 Å². The zero-order chi connectivity index (χ0) is 40.1. The topological polar surface area (TPSA) is 73.8 Å². The van der Waals surface area contributed by atoms with Crippen LogP contribution in [0.25, 0.3) is 0 Å². The number of benzene rings is 2. The minimum atomic E-state index is -0.476. The van der Waals surface area contributed by atoms with Gasteiger partial charge in [-0.2, -0.15) is 0 Å². The van der Waals surface area contributed by atoms with Crippen LogP contribution in [0.3, 0.4) is 0 Å². The van der Waals surface area contributed by atoms with Gasteiger partial charge < -0.3 is 37.4 Å². The molecule has 0 aliphatic carbocycles. The SMILES string of the molecule is CC1(C)OB(B2OC(C)(C)C(C)(C)O2)OC1(C)C.COc1ccc(C(C)(C)C)cc1B1OC(C)(C)C(C)(C)O1.COc1ccc(C(C)(C)C)cc1Br. The zero-order valence-corrected chi connectivity index (χ0v) is 37.4. The highest BCUT2D eigenvalue weighted by atomic mass is 79.9. The number of halogens is 1. The van der Waals surface area contributed by atoms with Crippen molar-refractivity contribution >= 4 is 42.5 Å². The van der Waals surface area contributed by atoms with Gasteiger partial charge >= 0.3 is 21.1 Å². The summed E-state index contributed by atoms with van der Waals surface area (Å²) in [5, 5.41) is 0. The Morgan fingerprint density at radius 1 is 0.481 bits per heavy atom. The highest BCUT2D eigenvalue weighted by Gasteiger charge is 2.63. The quantitative estimate of drug-likeness (QED) is 0.284. The molecule has 3 saturated heterocycles. The van der Waals surface area contributed by atoms with E-state index in [1.54, 1.807) is 14.2 Å². The lowest BCUT2D eigenvalue weighted by atomic mass is 9.49. The molecule has 12 heteroatoms. The molecular formula is C40H66B3BrO8. The summed E-state index contributed by atoms with van der Waals surface area (Å²) >= 11 is 3.47. The summed E-state index contributed by atoms with van der Waals surface area (Å²) in [5.74, 6) is 1.69. The lowest BCUT2D eigenvalue weighted by molar-refractivity contribution is 0.00578. The molecule has 0 atom stereocenters. The highest BCUT2D eigenvalue weighted by molar-refractivity contribution is 9.10. The largest absolute Gasteiger partial charge is 0.498 e. The predicted octanol–water partition coefficient (Wildman–Crippen LogP) is 9.30. The maximum atomic E-state index is 6.16. The van der Waals surface area contributed by atoms with Gasteiger partial charge in [-0.25, -0.2) is 0 Å². The van der Waals surface area contributed by atoms with Crippen LogP contribution in [-0.4, -0.2) is 69.0 Å². The number of rotatable bonds is 4. The second-order valence-corrected chi connectivity index (χ2v) is 20.0. The maximum Gasteiger partial charge on any atom is 0.498 e. The lowest BCUT2D eigenvalue weighted by Crippen LogP contribution is -2.41. The summed E-state index contributed by atoms with van der Waals surface area (Å²) in [4.78, 5) is 0. The van der Waals surface area contributed by atoms with E-state index in [1.807, 2.05) is 67.5 Å². The number of methoxy groups -OCH3 is 2. The molecule has 52 heavy (non-hydrogen) atoms. The van der Waals surface area contributed by atoms with E-state index in [0.29, 0.717) is 0 Å². The Hall–Kier alpha value is -1.53. The molecule has 5 rings (SSSR count). The monoisotopic (exact) mass is 786 g/mol. The zero-order valence-electron chi connectivity index (χ0n) is 35.8. The average molecular weight is 787 g/mol. The summed E-state index contributed by atoms with van der Waals surface area (Å²) in [6, 6.07) is 12.4. The van der Waals surface area contributed by atoms with Gasteiger partial charge in [0.15, 0.2) is 0 Å². The molecule has 0 aromatic heterocycles. The molecule has 0 bridgehead atoms. The summed E-state index contributed by atoms with van der Waals surface area (Å²) in [6.07, 6.45) is 0. The smallest absolute Gasteiger partial charge is 0.497 e. The third-order valence-corrected chi connectivity index (χ3v) is 12.0. The molecule has 2 aromatic carbocycles. The number of hydrogen-bond acceptors (Lipinski definition) is 8. The van der Waals surface area contributed by atoms with Crippen LogP contribution >= 0.6 is 15.9 Å². The lowest BCUT2D eigenvalue weighted by Gasteiger charge is -2.32. The predicted molar refractivity (Wildman–Crippen MR) is 219 cm³/mol. The third kappa shape index (κ3) is 9.82. The normalized spacial score (nSPS) is 22.3. The van der Waals surface area contributed by atoms with E-state index in [2.05, 4.69) is 109 Å². The van der Waals surface area contributed by atoms with Crippen molar-refractivity contribution in [3.63, 3.8) is 0 Å². The number of ether oxygens (including phenoxy) is 2. The van der Waals surface area contributed by atoms with Crippen molar-refractivity contribution in [3.8, 4) is 11.5 Å². The fourth-order valence-electron chi connectivity index (χ4n) is 5.49. The Labute approximate surface area is 325 Å². The molecule has 8 nitrogen and oxygen atoms in total. The van der Waals surface area contributed by atoms with Crippen molar-refractivity contribution in [3.05, 3.63) is 52.0 Å². The summed E-state index contributed by atoms with van der Waals surface area (Å²) < 4.78 is 47.8. The van der Waals surface area contributed by atoms with Gasteiger partial charge in [0.2, 0.25) is 0 Å². The molecule has 290 valence electrons. The van der Waals surface area contributed by atoms with Crippen LogP contribution in [-0.2, 0) is 38.8 Å². The summed E-state index contributed by atoms with van der Waals surface area (Å²) in [6.45, 7) is 37.6. The molecule has 0 spiro atoms. The van der Waals surface area contributed by atoms with Crippen LogP contribution in [0.15, 0.2) is 40.9 Å². The van der Waals surface area contributed by atoms with Gasteiger partial charge in [0, 0.05) is 5.46 Å². The average Bonchev–Trinajstić information content (AvgIpc) is 3.45. The third-order valence-electron chi connectivity index (χ3n) is 11.4. The molecule has 3 fully saturated rings. The summed E-state index contributed by atoms with van der Waals surface area (Å²) in [5.41, 5.74) is 1.64. The fraction of sp³-hybridized carbons (Fsp3) is 0.700. The first kappa shape index (κ1) is 44.9. The van der Waals surface area contributed by atoms with Crippen LogP contribution in [0.4, 0.5) is 0 Å². The Balaban J connectivity index is 0.000000216. The van der Waals surface area contributed by atoms with Crippen LogP contribution in [0, 0.1) is 0 Å². The molecular weight excluding hydrogens is 721 g/mol. The Morgan fingerprint density at radius 3 is 1.10 bits per heavy atom. The Morgan fingerprint density at radius 2 is 0.788 bits per heavy atom. The second-order valence-electron chi connectivity index (χ2n) is 19.1. The van der Waals surface area contributed by atoms with Crippen molar-refractivity contribution in [1.82, 2.24) is 0 Å². The van der Waals surface area contributed by atoms with Crippen molar-refractivity contribution in [1.29, 1.82) is 0 Å². The molecule has 3 heterocycles. The molecule has 0 saturated carbocycles. The van der Waals surface area contributed by atoms with Gasteiger partial charge in [0.1, 0.15) is 11.5 Å².